The van der Waals surface area contributed by atoms with Crippen molar-refractivity contribution < 1.29 is 14.6 Å². The lowest BCUT2D eigenvalue weighted by molar-refractivity contribution is 0.182. The van der Waals surface area contributed by atoms with Gasteiger partial charge in [0.05, 0.1) is 20.8 Å². The zero-order chi connectivity index (χ0) is 12.8. The van der Waals surface area contributed by atoms with E-state index < -0.39 is 6.10 Å². The molecule has 0 bridgehead atoms. The maximum Gasteiger partial charge on any atom is 0.186 e. The van der Waals surface area contributed by atoms with E-state index in [4.69, 9.17) is 20.9 Å². The Morgan fingerprint density at radius 2 is 2.06 bits per heavy atom. The molecule has 0 radical (unpaired) electrons. The van der Waals surface area contributed by atoms with Crippen molar-refractivity contribution in [3.8, 4) is 11.5 Å². The van der Waals surface area contributed by atoms with Crippen LogP contribution in [0.4, 0.5) is 0 Å². The van der Waals surface area contributed by atoms with E-state index in [1.54, 1.807) is 25.3 Å². The van der Waals surface area contributed by atoms with Crippen molar-refractivity contribution in [1.82, 2.24) is 0 Å². The molecular weight excluding hydrogens is 222 g/mol. The maximum atomic E-state index is 9.95. The van der Waals surface area contributed by atoms with Gasteiger partial charge in [-0.15, -0.1) is 0 Å². The van der Waals surface area contributed by atoms with Crippen molar-refractivity contribution in [3.63, 3.8) is 0 Å². The van der Waals surface area contributed by atoms with Crippen molar-refractivity contribution in [2.75, 3.05) is 20.8 Å². The van der Waals surface area contributed by atoms with Crippen molar-refractivity contribution in [1.29, 1.82) is 0 Å². The fraction of sp³-hybridized carbons (Fsp3) is 0.364. The molecule has 5 N–H and O–H groups in total. The molecule has 0 fully saturated rings. The first-order valence-corrected chi connectivity index (χ1v) is 5.04. The summed E-state index contributed by atoms with van der Waals surface area (Å²) in [5, 5.41) is 9.95. The van der Waals surface area contributed by atoms with Crippen LogP contribution in [0.25, 0.3) is 0 Å². The Labute approximate surface area is 99.9 Å². The molecule has 0 aromatic heterocycles. The molecule has 17 heavy (non-hydrogen) atoms. The zero-order valence-electron chi connectivity index (χ0n) is 9.88. The van der Waals surface area contributed by atoms with E-state index >= 15 is 0 Å². The van der Waals surface area contributed by atoms with Crippen LogP contribution in [0, 0.1) is 0 Å². The van der Waals surface area contributed by atoms with E-state index in [0.29, 0.717) is 17.1 Å². The third kappa shape index (κ3) is 3.53. The first kappa shape index (κ1) is 13.1. The molecule has 1 atom stereocenters. The lowest BCUT2D eigenvalue weighted by Gasteiger charge is -2.14. The number of aliphatic hydroxyl groups excluding tert-OH is 1. The summed E-state index contributed by atoms with van der Waals surface area (Å²) in [5.74, 6) is 1.12. The second-order valence-corrected chi connectivity index (χ2v) is 3.39. The molecule has 0 saturated heterocycles. The van der Waals surface area contributed by atoms with E-state index in [1.807, 2.05) is 0 Å². The molecular formula is C11H17N3O3. The van der Waals surface area contributed by atoms with Crippen LogP contribution < -0.4 is 20.9 Å². The smallest absolute Gasteiger partial charge is 0.186 e. The summed E-state index contributed by atoms with van der Waals surface area (Å²) in [4.78, 5) is 3.76. The van der Waals surface area contributed by atoms with Gasteiger partial charge >= 0.3 is 0 Å². The molecule has 0 aliphatic heterocycles. The molecule has 1 aromatic rings. The molecule has 6 nitrogen and oxygen atoms in total. The average Bonchev–Trinajstić information content (AvgIpc) is 2.34. The van der Waals surface area contributed by atoms with Crippen LogP contribution in [-0.2, 0) is 0 Å². The standard InChI is InChI=1S/C11H17N3O3/c1-16-7-3-4-10(17-2)8(5-7)9(15)6-14-11(12)13/h3-5,9,15H,6H2,1-2H3,(H4,12,13,14). The van der Waals surface area contributed by atoms with Crippen molar-refractivity contribution in [2.45, 2.75) is 6.10 Å². The zero-order valence-corrected chi connectivity index (χ0v) is 9.88. The highest BCUT2D eigenvalue weighted by Gasteiger charge is 2.14. The molecule has 0 aliphatic rings. The molecule has 1 rings (SSSR count). The number of guanidine groups is 1. The molecule has 0 spiro atoms. The van der Waals surface area contributed by atoms with Crippen molar-refractivity contribution in [2.24, 2.45) is 16.5 Å². The van der Waals surface area contributed by atoms with Crippen LogP contribution in [0.2, 0.25) is 0 Å². The van der Waals surface area contributed by atoms with Crippen LogP contribution in [0.3, 0.4) is 0 Å². The van der Waals surface area contributed by atoms with Crippen LogP contribution in [0.15, 0.2) is 23.2 Å². The number of benzene rings is 1. The third-order valence-corrected chi connectivity index (χ3v) is 2.24. The number of hydrogen-bond donors (Lipinski definition) is 3. The second kappa shape index (κ2) is 5.95. The van der Waals surface area contributed by atoms with Crippen LogP contribution >= 0.6 is 0 Å². The minimum Gasteiger partial charge on any atom is -0.497 e. The third-order valence-electron chi connectivity index (χ3n) is 2.24. The van der Waals surface area contributed by atoms with Crippen LogP contribution in [0.1, 0.15) is 11.7 Å². The normalized spacial score (nSPS) is 11.7. The van der Waals surface area contributed by atoms with E-state index in [-0.39, 0.29) is 12.5 Å². The number of rotatable bonds is 5. The van der Waals surface area contributed by atoms with E-state index in [1.165, 1.54) is 7.11 Å². The summed E-state index contributed by atoms with van der Waals surface area (Å²) in [5.41, 5.74) is 11.0. The fourth-order valence-corrected chi connectivity index (χ4v) is 1.39. The van der Waals surface area contributed by atoms with Gasteiger partial charge < -0.3 is 26.0 Å². The lowest BCUT2D eigenvalue weighted by atomic mass is 10.1. The van der Waals surface area contributed by atoms with Gasteiger partial charge in [0.1, 0.15) is 17.6 Å². The van der Waals surface area contributed by atoms with Gasteiger partial charge in [0.15, 0.2) is 5.96 Å². The summed E-state index contributed by atoms with van der Waals surface area (Å²) in [6.07, 6.45) is -0.845. The lowest BCUT2D eigenvalue weighted by Crippen LogP contribution is -2.23. The first-order chi connectivity index (χ1) is 8.08. The van der Waals surface area contributed by atoms with Crippen LogP contribution in [0.5, 0.6) is 11.5 Å². The Morgan fingerprint density at radius 3 is 2.59 bits per heavy atom. The number of nitrogens with zero attached hydrogens (tertiary/aromatic N) is 1. The summed E-state index contributed by atoms with van der Waals surface area (Å²) in [7, 11) is 3.08. The molecule has 0 amide bonds. The highest BCUT2D eigenvalue weighted by Crippen LogP contribution is 2.29. The van der Waals surface area contributed by atoms with Gasteiger partial charge in [-0.05, 0) is 18.2 Å². The Morgan fingerprint density at radius 1 is 1.35 bits per heavy atom. The first-order valence-electron chi connectivity index (χ1n) is 5.04. The van der Waals surface area contributed by atoms with Gasteiger partial charge in [-0.3, -0.25) is 4.99 Å². The molecule has 0 heterocycles. The van der Waals surface area contributed by atoms with Gasteiger partial charge in [0, 0.05) is 5.56 Å². The quantitative estimate of drug-likeness (QED) is 0.496. The number of nitrogens with two attached hydrogens (primary N) is 2. The summed E-state index contributed by atoms with van der Waals surface area (Å²) in [6.45, 7) is 0.0753. The highest BCUT2D eigenvalue weighted by molar-refractivity contribution is 5.75. The fourth-order valence-electron chi connectivity index (χ4n) is 1.39. The minimum absolute atomic E-state index is 0.0640. The molecule has 0 aliphatic carbocycles. The van der Waals surface area contributed by atoms with Gasteiger partial charge in [-0.2, -0.15) is 0 Å². The van der Waals surface area contributed by atoms with Crippen molar-refractivity contribution in [3.05, 3.63) is 23.8 Å². The predicted octanol–water partition coefficient (Wildman–Crippen LogP) is 0.0106. The molecule has 0 saturated carbocycles. The van der Waals surface area contributed by atoms with E-state index in [2.05, 4.69) is 4.99 Å². The largest absolute Gasteiger partial charge is 0.497 e. The Bertz CT molecular complexity index is 403. The van der Waals surface area contributed by atoms with Gasteiger partial charge in [-0.25, -0.2) is 0 Å². The number of aliphatic imine (C=N–C) groups is 1. The summed E-state index contributed by atoms with van der Waals surface area (Å²) in [6, 6.07) is 5.15. The number of hydrogen-bond acceptors (Lipinski definition) is 4. The van der Waals surface area contributed by atoms with Crippen molar-refractivity contribution >= 4 is 5.96 Å². The minimum atomic E-state index is -0.845. The van der Waals surface area contributed by atoms with Gasteiger partial charge in [0.25, 0.3) is 0 Å². The van der Waals surface area contributed by atoms with E-state index in [0.717, 1.165) is 0 Å². The number of ether oxygens (including phenoxy) is 2. The Balaban J connectivity index is 2.96. The highest BCUT2D eigenvalue weighted by atomic mass is 16.5. The summed E-state index contributed by atoms with van der Waals surface area (Å²) >= 11 is 0. The molecule has 1 aromatic carbocycles. The summed E-state index contributed by atoms with van der Waals surface area (Å²) < 4.78 is 10.2. The molecule has 6 heteroatoms. The predicted molar refractivity (Wildman–Crippen MR) is 65.2 cm³/mol. The average molecular weight is 239 g/mol. The second-order valence-electron chi connectivity index (χ2n) is 3.39. The number of aliphatic hydroxyl groups is 1. The van der Waals surface area contributed by atoms with Crippen LogP contribution in [-0.4, -0.2) is 31.8 Å². The maximum absolute atomic E-state index is 9.95. The molecule has 1 unspecified atom stereocenters. The SMILES string of the molecule is COc1ccc(OC)c(C(O)CN=C(N)N)c1. The van der Waals surface area contributed by atoms with E-state index in [9.17, 15) is 5.11 Å². The topological polar surface area (TPSA) is 103 Å². The Kier molecular flexibility index (Phi) is 4.59. The Hall–Kier alpha value is -1.95. The van der Waals surface area contributed by atoms with Gasteiger partial charge in [-0.1, -0.05) is 0 Å². The monoisotopic (exact) mass is 239 g/mol. The number of methoxy groups -OCH3 is 2. The van der Waals surface area contributed by atoms with Gasteiger partial charge in [0.2, 0.25) is 0 Å². The molecule has 94 valence electrons.